The zero-order valence-electron chi connectivity index (χ0n) is 11.8. The number of ether oxygens (including phenoxy) is 1. The van der Waals surface area contributed by atoms with E-state index in [2.05, 4.69) is 4.74 Å². The van der Waals surface area contributed by atoms with Crippen LogP contribution in [0.15, 0.2) is 24.3 Å². The standard InChI is InChI=1S/C14H21NO4S/c1-3-11-4-6-12(7-5-11)13(15)10-20(17,18)9-8-14(16)19-2/h4-7,13H,3,8-10,15H2,1-2H3. The van der Waals surface area contributed by atoms with Gasteiger partial charge in [-0.25, -0.2) is 8.42 Å². The summed E-state index contributed by atoms with van der Waals surface area (Å²) in [6.45, 7) is 2.05. The predicted octanol–water partition coefficient (Wildman–Crippen LogP) is 1.23. The molecule has 0 fully saturated rings. The van der Waals surface area contributed by atoms with Crippen LogP contribution in [0.3, 0.4) is 0 Å². The van der Waals surface area contributed by atoms with Crippen molar-refractivity contribution in [2.45, 2.75) is 25.8 Å². The van der Waals surface area contributed by atoms with Crippen molar-refractivity contribution in [3.05, 3.63) is 35.4 Å². The highest BCUT2D eigenvalue weighted by Crippen LogP contribution is 2.15. The topological polar surface area (TPSA) is 86.5 Å². The zero-order chi connectivity index (χ0) is 15.2. The molecular formula is C14H21NO4S. The van der Waals surface area contributed by atoms with Crippen LogP contribution >= 0.6 is 0 Å². The molecule has 0 spiro atoms. The van der Waals surface area contributed by atoms with E-state index < -0.39 is 21.8 Å². The van der Waals surface area contributed by atoms with Gasteiger partial charge in [0.05, 0.1) is 25.0 Å². The number of carbonyl (C=O) groups is 1. The van der Waals surface area contributed by atoms with Crippen molar-refractivity contribution in [3.63, 3.8) is 0 Å². The molecule has 1 aromatic carbocycles. The minimum Gasteiger partial charge on any atom is -0.469 e. The molecular weight excluding hydrogens is 278 g/mol. The van der Waals surface area contributed by atoms with Gasteiger partial charge in [0.2, 0.25) is 0 Å². The molecule has 0 aliphatic heterocycles. The van der Waals surface area contributed by atoms with E-state index >= 15 is 0 Å². The number of sulfone groups is 1. The summed E-state index contributed by atoms with van der Waals surface area (Å²) in [5.74, 6) is -0.940. The number of carbonyl (C=O) groups excluding carboxylic acids is 1. The number of rotatable bonds is 7. The van der Waals surface area contributed by atoms with Gasteiger partial charge in [0.25, 0.3) is 0 Å². The molecule has 5 nitrogen and oxygen atoms in total. The van der Waals surface area contributed by atoms with Crippen LogP contribution in [0, 0.1) is 0 Å². The maximum atomic E-state index is 11.9. The molecule has 0 saturated carbocycles. The SMILES string of the molecule is CCc1ccc(C(N)CS(=O)(=O)CCC(=O)OC)cc1. The summed E-state index contributed by atoms with van der Waals surface area (Å²) in [5.41, 5.74) is 7.87. The van der Waals surface area contributed by atoms with Crippen LogP contribution in [-0.4, -0.2) is 33.0 Å². The molecule has 1 rings (SSSR count). The van der Waals surface area contributed by atoms with Crippen molar-refractivity contribution >= 4 is 15.8 Å². The van der Waals surface area contributed by atoms with E-state index in [9.17, 15) is 13.2 Å². The molecule has 112 valence electrons. The Labute approximate surface area is 120 Å². The van der Waals surface area contributed by atoms with Crippen molar-refractivity contribution < 1.29 is 17.9 Å². The normalized spacial score (nSPS) is 12.9. The lowest BCUT2D eigenvalue weighted by atomic mass is 10.1. The Morgan fingerprint density at radius 1 is 1.30 bits per heavy atom. The summed E-state index contributed by atoms with van der Waals surface area (Å²) in [7, 11) is -2.14. The van der Waals surface area contributed by atoms with Gasteiger partial charge in [-0.1, -0.05) is 31.2 Å². The van der Waals surface area contributed by atoms with Crippen LogP contribution < -0.4 is 5.73 Å². The quantitative estimate of drug-likeness (QED) is 0.765. The molecule has 0 bridgehead atoms. The monoisotopic (exact) mass is 299 g/mol. The second kappa shape index (κ2) is 7.40. The minimum atomic E-state index is -3.38. The van der Waals surface area contributed by atoms with Gasteiger partial charge >= 0.3 is 5.97 Å². The Morgan fingerprint density at radius 3 is 2.40 bits per heavy atom. The van der Waals surface area contributed by atoms with Crippen LogP contribution in [0.4, 0.5) is 0 Å². The number of hydrogen-bond acceptors (Lipinski definition) is 5. The van der Waals surface area contributed by atoms with Gasteiger partial charge in [-0.15, -0.1) is 0 Å². The highest BCUT2D eigenvalue weighted by Gasteiger charge is 2.19. The van der Waals surface area contributed by atoms with E-state index in [1.807, 2.05) is 31.2 Å². The van der Waals surface area contributed by atoms with Crippen LogP contribution in [0.5, 0.6) is 0 Å². The number of aryl methyl sites for hydroxylation is 1. The highest BCUT2D eigenvalue weighted by atomic mass is 32.2. The average Bonchev–Trinajstić information content (AvgIpc) is 2.44. The number of hydrogen-bond donors (Lipinski definition) is 1. The third-order valence-corrected chi connectivity index (χ3v) is 4.79. The van der Waals surface area contributed by atoms with Crippen molar-refractivity contribution in [2.75, 3.05) is 18.6 Å². The van der Waals surface area contributed by atoms with Gasteiger partial charge < -0.3 is 10.5 Å². The van der Waals surface area contributed by atoms with Crippen molar-refractivity contribution in [3.8, 4) is 0 Å². The molecule has 0 saturated heterocycles. The summed E-state index contributed by atoms with van der Waals surface area (Å²) in [6.07, 6.45) is 0.785. The Hall–Kier alpha value is -1.40. The lowest BCUT2D eigenvalue weighted by Gasteiger charge is -2.13. The Bertz CT molecular complexity index is 537. The van der Waals surface area contributed by atoms with Crippen molar-refractivity contribution in [1.29, 1.82) is 0 Å². The molecule has 20 heavy (non-hydrogen) atoms. The average molecular weight is 299 g/mol. The summed E-state index contributed by atoms with van der Waals surface area (Å²) >= 11 is 0. The van der Waals surface area contributed by atoms with Crippen LogP contribution in [-0.2, 0) is 25.8 Å². The largest absolute Gasteiger partial charge is 0.469 e. The van der Waals surface area contributed by atoms with Crippen molar-refractivity contribution in [1.82, 2.24) is 0 Å². The maximum Gasteiger partial charge on any atom is 0.306 e. The molecule has 0 radical (unpaired) electrons. The Morgan fingerprint density at radius 2 is 1.90 bits per heavy atom. The number of esters is 1. The van der Waals surface area contributed by atoms with E-state index in [4.69, 9.17) is 5.73 Å². The van der Waals surface area contributed by atoms with E-state index in [1.165, 1.54) is 12.7 Å². The summed E-state index contributed by atoms with van der Waals surface area (Å²) in [4.78, 5) is 11.0. The molecule has 1 unspecified atom stereocenters. The number of methoxy groups -OCH3 is 1. The second-order valence-corrected chi connectivity index (χ2v) is 6.87. The van der Waals surface area contributed by atoms with E-state index in [0.29, 0.717) is 0 Å². The third kappa shape index (κ3) is 5.30. The number of nitrogens with two attached hydrogens (primary N) is 1. The molecule has 0 aromatic heterocycles. The van der Waals surface area contributed by atoms with Gasteiger partial charge in [-0.05, 0) is 17.5 Å². The second-order valence-electron chi connectivity index (χ2n) is 4.64. The highest BCUT2D eigenvalue weighted by molar-refractivity contribution is 7.91. The first-order valence-electron chi connectivity index (χ1n) is 6.49. The Kier molecular flexibility index (Phi) is 6.16. The summed E-state index contributed by atoms with van der Waals surface area (Å²) < 4.78 is 28.2. The molecule has 6 heteroatoms. The summed E-state index contributed by atoms with van der Waals surface area (Å²) in [5, 5.41) is 0. The predicted molar refractivity (Wildman–Crippen MR) is 78.0 cm³/mol. The van der Waals surface area contributed by atoms with Crippen molar-refractivity contribution in [2.24, 2.45) is 5.73 Å². The van der Waals surface area contributed by atoms with Crippen LogP contribution in [0.1, 0.15) is 30.5 Å². The van der Waals surface area contributed by atoms with Gasteiger partial charge in [0.15, 0.2) is 9.84 Å². The first-order valence-corrected chi connectivity index (χ1v) is 8.31. The van der Waals surface area contributed by atoms with Crippen LogP contribution in [0.2, 0.25) is 0 Å². The molecule has 0 heterocycles. The Balaban J connectivity index is 2.63. The molecule has 0 amide bonds. The van der Waals surface area contributed by atoms with E-state index in [-0.39, 0.29) is 17.9 Å². The fourth-order valence-electron chi connectivity index (χ4n) is 1.79. The van der Waals surface area contributed by atoms with Gasteiger partial charge in [-0.2, -0.15) is 0 Å². The first kappa shape index (κ1) is 16.7. The van der Waals surface area contributed by atoms with Gasteiger partial charge in [0, 0.05) is 6.04 Å². The molecule has 2 N–H and O–H groups in total. The lowest BCUT2D eigenvalue weighted by molar-refractivity contribution is -0.140. The lowest BCUT2D eigenvalue weighted by Crippen LogP contribution is -2.24. The smallest absolute Gasteiger partial charge is 0.306 e. The van der Waals surface area contributed by atoms with Gasteiger partial charge in [0.1, 0.15) is 0 Å². The first-order chi connectivity index (χ1) is 9.38. The molecule has 0 aliphatic carbocycles. The van der Waals surface area contributed by atoms with Crippen LogP contribution in [0.25, 0.3) is 0 Å². The fourth-order valence-corrected chi connectivity index (χ4v) is 3.18. The fraction of sp³-hybridized carbons (Fsp3) is 0.500. The van der Waals surface area contributed by atoms with E-state index in [1.54, 1.807) is 0 Å². The van der Waals surface area contributed by atoms with Gasteiger partial charge in [-0.3, -0.25) is 4.79 Å². The molecule has 0 aliphatic rings. The molecule has 1 aromatic rings. The van der Waals surface area contributed by atoms with E-state index in [0.717, 1.165) is 12.0 Å². The summed E-state index contributed by atoms with van der Waals surface area (Å²) in [6, 6.07) is 6.99. The maximum absolute atomic E-state index is 11.9. The molecule has 1 atom stereocenters. The minimum absolute atomic E-state index is 0.139. The number of benzene rings is 1. The third-order valence-electron chi connectivity index (χ3n) is 3.09. The zero-order valence-corrected chi connectivity index (χ0v) is 12.7.